The number of ether oxygens (including phenoxy) is 2. The predicted molar refractivity (Wildman–Crippen MR) is 106 cm³/mol. The average molecular weight is 417 g/mol. The number of carbonyl (C=O) groups excluding carboxylic acids is 3. The summed E-state index contributed by atoms with van der Waals surface area (Å²) < 4.78 is 23.8. The molecule has 30 heavy (non-hydrogen) atoms. The second kappa shape index (κ2) is 10.9. The van der Waals surface area contributed by atoms with E-state index in [-0.39, 0.29) is 18.4 Å². The maximum atomic E-state index is 14.0. The zero-order valence-electron chi connectivity index (χ0n) is 17.0. The first-order chi connectivity index (χ1) is 14.3. The lowest BCUT2D eigenvalue weighted by atomic mass is 10.0. The third kappa shape index (κ3) is 6.54. The number of pyridine rings is 1. The number of carbonyl (C=O) groups is 3. The quantitative estimate of drug-likeness (QED) is 0.594. The summed E-state index contributed by atoms with van der Waals surface area (Å²) in [6.45, 7) is 1.25. The van der Waals surface area contributed by atoms with Crippen LogP contribution in [0.4, 0.5) is 4.39 Å². The van der Waals surface area contributed by atoms with Crippen LogP contribution in [0, 0.1) is 5.82 Å². The lowest BCUT2D eigenvalue weighted by Gasteiger charge is -2.22. The van der Waals surface area contributed by atoms with Gasteiger partial charge in [0, 0.05) is 32.0 Å². The van der Waals surface area contributed by atoms with Crippen molar-refractivity contribution in [3.8, 4) is 5.88 Å². The number of methoxy groups -OCH3 is 2. The summed E-state index contributed by atoms with van der Waals surface area (Å²) >= 11 is 0. The van der Waals surface area contributed by atoms with Crippen LogP contribution in [-0.4, -0.2) is 49.1 Å². The van der Waals surface area contributed by atoms with Crippen molar-refractivity contribution in [2.45, 2.75) is 31.8 Å². The highest BCUT2D eigenvalue weighted by molar-refractivity contribution is 5.90. The SMILES string of the molecule is COC(=O)[C@@H](Cc1ccc(OC)nc1)NC(=O)[C@@H](Cc1ccccc1F)NC(C)=O. The minimum atomic E-state index is -1.07. The highest BCUT2D eigenvalue weighted by atomic mass is 19.1. The fraction of sp³-hybridized carbons (Fsp3) is 0.333. The number of nitrogens with zero attached hydrogens (tertiary/aromatic N) is 1. The molecule has 2 aromatic rings. The monoisotopic (exact) mass is 417 g/mol. The molecule has 8 nitrogen and oxygen atoms in total. The van der Waals surface area contributed by atoms with Gasteiger partial charge in [-0.05, 0) is 17.2 Å². The van der Waals surface area contributed by atoms with Gasteiger partial charge in [0.05, 0.1) is 14.2 Å². The molecule has 1 heterocycles. The molecule has 0 bridgehead atoms. The summed E-state index contributed by atoms with van der Waals surface area (Å²) in [5.41, 5.74) is 0.928. The first kappa shape index (κ1) is 22.8. The van der Waals surface area contributed by atoms with Gasteiger partial charge in [-0.15, -0.1) is 0 Å². The lowest BCUT2D eigenvalue weighted by molar-refractivity contribution is -0.145. The van der Waals surface area contributed by atoms with E-state index < -0.39 is 35.7 Å². The number of esters is 1. The number of benzene rings is 1. The largest absolute Gasteiger partial charge is 0.481 e. The molecule has 0 spiro atoms. The first-order valence-corrected chi connectivity index (χ1v) is 9.21. The Morgan fingerprint density at radius 2 is 1.77 bits per heavy atom. The van der Waals surface area contributed by atoms with Crippen LogP contribution in [0.1, 0.15) is 18.1 Å². The Bertz CT molecular complexity index is 888. The summed E-state index contributed by atoms with van der Waals surface area (Å²) in [5.74, 6) is -1.83. The van der Waals surface area contributed by atoms with Gasteiger partial charge in [0.15, 0.2) is 0 Å². The molecule has 9 heteroatoms. The van der Waals surface area contributed by atoms with Gasteiger partial charge < -0.3 is 20.1 Å². The summed E-state index contributed by atoms with van der Waals surface area (Å²) in [7, 11) is 2.69. The standard InChI is InChI=1S/C21H24FN3O5/c1-13(26)24-17(11-15-6-4-5-7-16(15)22)20(27)25-18(21(28)30-3)10-14-8-9-19(29-2)23-12-14/h4-9,12,17-18H,10-11H2,1-3H3,(H,24,26)(H,25,27)/t17-,18-/m1/s1. The summed E-state index contributed by atoms with van der Waals surface area (Å²) in [6.07, 6.45) is 1.56. The molecule has 0 unspecified atom stereocenters. The van der Waals surface area contributed by atoms with E-state index in [4.69, 9.17) is 9.47 Å². The van der Waals surface area contributed by atoms with Crippen LogP contribution in [-0.2, 0) is 32.0 Å². The fourth-order valence-corrected chi connectivity index (χ4v) is 2.83. The minimum Gasteiger partial charge on any atom is -0.481 e. The third-order valence-electron chi connectivity index (χ3n) is 4.32. The normalized spacial score (nSPS) is 12.4. The number of amides is 2. The van der Waals surface area contributed by atoms with Crippen molar-refractivity contribution in [1.82, 2.24) is 15.6 Å². The summed E-state index contributed by atoms with van der Waals surface area (Å²) in [4.78, 5) is 40.7. The van der Waals surface area contributed by atoms with Gasteiger partial charge in [0.25, 0.3) is 0 Å². The Kier molecular flexibility index (Phi) is 8.28. The molecule has 0 aliphatic heterocycles. The number of nitrogens with one attached hydrogen (secondary N) is 2. The molecule has 160 valence electrons. The predicted octanol–water partition coefficient (Wildman–Crippen LogP) is 1.18. The molecule has 0 aliphatic rings. The highest BCUT2D eigenvalue weighted by Gasteiger charge is 2.28. The molecule has 2 amide bonds. The molecule has 0 aliphatic carbocycles. The van der Waals surface area contributed by atoms with Crippen molar-refractivity contribution in [3.63, 3.8) is 0 Å². The van der Waals surface area contributed by atoms with E-state index in [1.54, 1.807) is 18.2 Å². The molecule has 0 saturated carbocycles. The average Bonchev–Trinajstić information content (AvgIpc) is 2.73. The first-order valence-electron chi connectivity index (χ1n) is 9.21. The van der Waals surface area contributed by atoms with Crippen molar-refractivity contribution in [1.29, 1.82) is 0 Å². The van der Waals surface area contributed by atoms with Crippen molar-refractivity contribution in [2.75, 3.05) is 14.2 Å². The molecule has 0 radical (unpaired) electrons. The number of hydrogen-bond acceptors (Lipinski definition) is 6. The Hall–Kier alpha value is -3.49. The molecule has 0 saturated heterocycles. The van der Waals surface area contributed by atoms with Crippen LogP contribution in [0.5, 0.6) is 5.88 Å². The summed E-state index contributed by atoms with van der Waals surface area (Å²) in [5, 5.41) is 5.08. The molecule has 2 atom stereocenters. The van der Waals surface area contributed by atoms with Crippen LogP contribution in [0.2, 0.25) is 0 Å². The van der Waals surface area contributed by atoms with E-state index >= 15 is 0 Å². The second-order valence-electron chi connectivity index (χ2n) is 6.55. The van der Waals surface area contributed by atoms with Gasteiger partial charge in [-0.1, -0.05) is 24.3 Å². The Morgan fingerprint density at radius 1 is 1.03 bits per heavy atom. The Balaban J connectivity index is 2.17. The van der Waals surface area contributed by atoms with Crippen LogP contribution >= 0.6 is 0 Å². The van der Waals surface area contributed by atoms with Gasteiger partial charge in [0.2, 0.25) is 17.7 Å². The van der Waals surface area contributed by atoms with Crippen LogP contribution in [0.3, 0.4) is 0 Å². The Labute approximate surface area is 173 Å². The summed E-state index contributed by atoms with van der Waals surface area (Å²) in [6, 6.07) is 7.21. The van der Waals surface area contributed by atoms with Gasteiger partial charge in [-0.2, -0.15) is 0 Å². The second-order valence-corrected chi connectivity index (χ2v) is 6.55. The maximum Gasteiger partial charge on any atom is 0.328 e. The Morgan fingerprint density at radius 3 is 2.33 bits per heavy atom. The molecule has 1 aromatic carbocycles. The van der Waals surface area contributed by atoms with E-state index in [1.807, 2.05) is 0 Å². The van der Waals surface area contributed by atoms with E-state index in [2.05, 4.69) is 15.6 Å². The number of halogens is 1. The number of rotatable bonds is 9. The molecule has 1 aromatic heterocycles. The zero-order chi connectivity index (χ0) is 22.1. The van der Waals surface area contributed by atoms with Crippen LogP contribution in [0.15, 0.2) is 42.6 Å². The highest BCUT2D eigenvalue weighted by Crippen LogP contribution is 2.12. The molecular weight excluding hydrogens is 393 g/mol. The van der Waals surface area contributed by atoms with Gasteiger partial charge >= 0.3 is 5.97 Å². The molecule has 2 N–H and O–H groups in total. The fourth-order valence-electron chi connectivity index (χ4n) is 2.83. The van der Waals surface area contributed by atoms with Crippen molar-refractivity contribution < 1.29 is 28.2 Å². The van der Waals surface area contributed by atoms with E-state index in [0.29, 0.717) is 11.4 Å². The van der Waals surface area contributed by atoms with Crippen LogP contribution < -0.4 is 15.4 Å². The van der Waals surface area contributed by atoms with Crippen molar-refractivity contribution >= 4 is 17.8 Å². The smallest absolute Gasteiger partial charge is 0.328 e. The maximum absolute atomic E-state index is 14.0. The minimum absolute atomic E-state index is 0.0733. The van der Waals surface area contributed by atoms with E-state index in [0.717, 1.165) is 0 Å². The number of hydrogen-bond donors (Lipinski definition) is 2. The van der Waals surface area contributed by atoms with E-state index in [9.17, 15) is 18.8 Å². The zero-order valence-corrected chi connectivity index (χ0v) is 17.0. The number of aromatic nitrogens is 1. The van der Waals surface area contributed by atoms with Crippen LogP contribution in [0.25, 0.3) is 0 Å². The van der Waals surface area contributed by atoms with Gasteiger partial charge in [-0.3, -0.25) is 9.59 Å². The van der Waals surface area contributed by atoms with E-state index in [1.165, 1.54) is 45.5 Å². The van der Waals surface area contributed by atoms with Gasteiger partial charge in [-0.25, -0.2) is 14.2 Å². The third-order valence-corrected chi connectivity index (χ3v) is 4.32. The topological polar surface area (TPSA) is 107 Å². The molecule has 2 rings (SSSR count). The van der Waals surface area contributed by atoms with Crippen molar-refractivity contribution in [2.24, 2.45) is 0 Å². The molecular formula is C21H24FN3O5. The van der Waals surface area contributed by atoms with Crippen molar-refractivity contribution in [3.05, 3.63) is 59.5 Å². The lowest BCUT2D eigenvalue weighted by Crippen LogP contribution is -2.53. The molecule has 0 fully saturated rings. The van der Waals surface area contributed by atoms with Gasteiger partial charge in [0.1, 0.15) is 17.9 Å².